The number of rotatable bonds is 4. The molecular weight excluding hydrogens is 302 g/mol. The molecule has 1 aliphatic carbocycles. The van der Waals surface area contributed by atoms with Crippen molar-refractivity contribution < 1.29 is 9.59 Å². The van der Waals surface area contributed by atoms with Crippen molar-refractivity contribution in [1.82, 2.24) is 5.32 Å². The zero-order chi connectivity index (χ0) is 17.0. The molecule has 0 heterocycles. The Hall–Kier alpha value is -2.82. The van der Waals surface area contributed by atoms with E-state index in [4.69, 9.17) is 0 Å². The summed E-state index contributed by atoms with van der Waals surface area (Å²) in [4.78, 5) is 24.1. The topological polar surface area (TPSA) is 70.2 Å². The third-order valence-corrected chi connectivity index (χ3v) is 4.60. The second-order valence-corrected chi connectivity index (χ2v) is 6.04. The fourth-order valence-electron chi connectivity index (χ4n) is 3.02. The van der Waals surface area contributed by atoms with Crippen molar-refractivity contribution in [3.05, 3.63) is 60.2 Å². The largest absolute Gasteiger partial charge is 0.341 e. The molecule has 2 aromatic carbocycles. The molecule has 0 atom stereocenters. The number of amides is 3. The van der Waals surface area contributed by atoms with Gasteiger partial charge < -0.3 is 16.0 Å². The number of hydrogen-bond acceptors (Lipinski definition) is 2. The third-order valence-electron chi connectivity index (χ3n) is 4.60. The van der Waals surface area contributed by atoms with Gasteiger partial charge in [0.05, 0.1) is 5.41 Å². The number of nitrogens with one attached hydrogen (secondary N) is 3. The number of anilines is 2. The van der Waals surface area contributed by atoms with Gasteiger partial charge in [-0.1, -0.05) is 36.8 Å². The molecule has 0 bridgehead atoms. The van der Waals surface area contributed by atoms with Gasteiger partial charge in [0.25, 0.3) is 0 Å². The Morgan fingerprint density at radius 1 is 0.875 bits per heavy atom. The van der Waals surface area contributed by atoms with Gasteiger partial charge in [-0.2, -0.15) is 0 Å². The number of hydrogen-bond donors (Lipinski definition) is 3. The molecule has 1 fully saturated rings. The molecule has 124 valence electrons. The van der Waals surface area contributed by atoms with Gasteiger partial charge in [0.2, 0.25) is 5.91 Å². The van der Waals surface area contributed by atoms with Gasteiger partial charge in [-0.25, -0.2) is 4.79 Å². The van der Waals surface area contributed by atoms with Crippen LogP contribution in [0.1, 0.15) is 24.8 Å². The average molecular weight is 323 g/mol. The van der Waals surface area contributed by atoms with Crippen molar-refractivity contribution in [1.29, 1.82) is 0 Å². The van der Waals surface area contributed by atoms with E-state index in [2.05, 4.69) is 16.0 Å². The standard InChI is InChI=1S/C19H21N3O2/c1-20-18(24)22-16-10-8-15(9-11-16)21-17(23)19(12-5-13-19)14-6-3-2-4-7-14/h2-4,6-11H,5,12-13H2,1H3,(H,21,23)(H2,20,22,24). The van der Waals surface area contributed by atoms with Gasteiger partial charge in [-0.3, -0.25) is 4.79 Å². The number of urea groups is 1. The first-order chi connectivity index (χ1) is 11.6. The fourth-order valence-corrected chi connectivity index (χ4v) is 3.02. The van der Waals surface area contributed by atoms with Crippen LogP contribution in [0.5, 0.6) is 0 Å². The van der Waals surface area contributed by atoms with Crippen LogP contribution in [0, 0.1) is 0 Å². The van der Waals surface area contributed by atoms with E-state index >= 15 is 0 Å². The molecule has 0 radical (unpaired) electrons. The molecule has 0 saturated heterocycles. The molecule has 1 saturated carbocycles. The van der Waals surface area contributed by atoms with Gasteiger partial charge in [-0.15, -0.1) is 0 Å². The lowest BCUT2D eigenvalue weighted by Crippen LogP contribution is -2.45. The Morgan fingerprint density at radius 3 is 1.96 bits per heavy atom. The van der Waals surface area contributed by atoms with Crippen molar-refractivity contribution in [3.8, 4) is 0 Å². The first kappa shape index (κ1) is 16.1. The Bertz CT molecular complexity index is 722. The third kappa shape index (κ3) is 3.11. The van der Waals surface area contributed by atoms with Crippen LogP contribution in [0.3, 0.4) is 0 Å². The highest BCUT2D eigenvalue weighted by Crippen LogP contribution is 2.44. The zero-order valence-corrected chi connectivity index (χ0v) is 13.6. The minimum Gasteiger partial charge on any atom is -0.341 e. The molecule has 0 unspecified atom stereocenters. The fraction of sp³-hybridized carbons (Fsp3) is 0.263. The van der Waals surface area contributed by atoms with Crippen LogP contribution >= 0.6 is 0 Å². The highest BCUT2D eigenvalue weighted by atomic mass is 16.2. The van der Waals surface area contributed by atoms with E-state index in [1.807, 2.05) is 30.3 Å². The van der Waals surface area contributed by atoms with E-state index in [0.717, 1.165) is 30.5 Å². The van der Waals surface area contributed by atoms with Crippen LogP contribution in [-0.2, 0) is 10.2 Å². The molecular formula is C19H21N3O2. The smallest absolute Gasteiger partial charge is 0.318 e. The summed E-state index contributed by atoms with van der Waals surface area (Å²) in [5.74, 6) is 0.0342. The van der Waals surface area contributed by atoms with Crippen LogP contribution in [0.2, 0.25) is 0 Å². The van der Waals surface area contributed by atoms with Gasteiger partial charge in [0.15, 0.2) is 0 Å². The second-order valence-electron chi connectivity index (χ2n) is 6.04. The second kappa shape index (κ2) is 6.74. The van der Waals surface area contributed by atoms with Gasteiger partial charge in [0.1, 0.15) is 0 Å². The molecule has 5 nitrogen and oxygen atoms in total. The Kier molecular flexibility index (Phi) is 4.51. The highest BCUT2D eigenvalue weighted by Gasteiger charge is 2.45. The Balaban J connectivity index is 1.71. The SMILES string of the molecule is CNC(=O)Nc1ccc(NC(=O)C2(c3ccccc3)CCC2)cc1. The monoisotopic (exact) mass is 323 g/mol. The molecule has 0 aromatic heterocycles. The number of carbonyl (C=O) groups excluding carboxylic acids is 2. The highest BCUT2D eigenvalue weighted by molar-refractivity contribution is 6.00. The van der Waals surface area contributed by atoms with Crippen LogP contribution < -0.4 is 16.0 Å². The lowest BCUT2D eigenvalue weighted by atomic mass is 9.64. The van der Waals surface area contributed by atoms with Crippen molar-refractivity contribution in [2.24, 2.45) is 0 Å². The summed E-state index contributed by atoms with van der Waals surface area (Å²) >= 11 is 0. The lowest BCUT2D eigenvalue weighted by Gasteiger charge is -2.40. The summed E-state index contributed by atoms with van der Waals surface area (Å²) in [6, 6.07) is 16.8. The van der Waals surface area contributed by atoms with Gasteiger partial charge in [0, 0.05) is 18.4 Å². The predicted octanol–water partition coefficient (Wildman–Crippen LogP) is 3.50. The van der Waals surface area contributed by atoms with Gasteiger partial charge >= 0.3 is 6.03 Å². The quantitative estimate of drug-likeness (QED) is 0.806. The molecule has 1 aliphatic rings. The van der Waals surface area contributed by atoms with E-state index in [1.54, 1.807) is 31.3 Å². The van der Waals surface area contributed by atoms with Crippen LogP contribution in [-0.4, -0.2) is 19.0 Å². The molecule has 3 amide bonds. The number of carbonyl (C=O) groups is 2. The summed E-state index contributed by atoms with van der Waals surface area (Å²) in [5, 5.41) is 8.19. The minimum atomic E-state index is -0.416. The van der Waals surface area contributed by atoms with Gasteiger partial charge in [-0.05, 0) is 42.7 Å². The van der Waals surface area contributed by atoms with E-state index in [0.29, 0.717) is 5.69 Å². The van der Waals surface area contributed by atoms with Crippen LogP contribution in [0.4, 0.5) is 16.2 Å². The normalized spacial score (nSPS) is 15.0. The summed E-state index contributed by atoms with van der Waals surface area (Å²) in [6.45, 7) is 0. The zero-order valence-electron chi connectivity index (χ0n) is 13.6. The molecule has 2 aromatic rings. The summed E-state index contributed by atoms with van der Waals surface area (Å²) in [6.07, 6.45) is 2.82. The first-order valence-electron chi connectivity index (χ1n) is 8.10. The molecule has 24 heavy (non-hydrogen) atoms. The molecule has 0 spiro atoms. The summed E-state index contributed by atoms with van der Waals surface area (Å²) in [5.41, 5.74) is 2.06. The minimum absolute atomic E-state index is 0.0342. The average Bonchev–Trinajstić information content (AvgIpc) is 2.56. The van der Waals surface area contributed by atoms with Crippen LogP contribution in [0.15, 0.2) is 54.6 Å². The van der Waals surface area contributed by atoms with Crippen LogP contribution in [0.25, 0.3) is 0 Å². The summed E-state index contributed by atoms with van der Waals surface area (Å²) in [7, 11) is 1.56. The Labute approximate surface area is 141 Å². The molecule has 0 aliphatic heterocycles. The number of benzene rings is 2. The molecule has 3 N–H and O–H groups in total. The molecule has 5 heteroatoms. The maximum Gasteiger partial charge on any atom is 0.318 e. The lowest BCUT2D eigenvalue weighted by molar-refractivity contribution is -0.124. The maximum atomic E-state index is 12.8. The van der Waals surface area contributed by atoms with Crippen molar-refractivity contribution >= 4 is 23.3 Å². The summed E-state index contributed by atoms with van der Waals surface area (Å²) < 4.78 is 0. The predicted molar refractivity (Wildman–Crippen MR) is 95.1 cm³/mol. The van der Waals surface area contributed by atoms with E-state index in [-0.39, 0.29) is 11.9 Å². The molecule has 3 rings (SSSR count). The van der Waals surface area contributed by atoms with E-state index in [1.165, 1.54) is 0 Å². The van der Waals surface area contributed by atoms with Crippen molar-refractivity contribution in [2.45, 2.75) is 24.7 Å². The van der Waals surface area contributed by atoms with Crippen molar-refractivity contribution in [2.75, 3.05) is 17.7 Å². The van der Waals surface area contributed by atoms with E-state index in [9.17, 15) is 9.59 Å². The van der Waals surface area contributed by atoms with Crippen molar-refractivity contribution in [3.63, 3.8) is 0 Å². The first-order valence-corrected chi connectivity index (χ1v) is 8.10. The Morgan fingerprint density at radius 2 is 1.46 bits per heavy atom. The maximum absolute atomic E-state index is 12.8. The van der Waals surface area contributed by atoms with E-state index < -0.39 is 5.41 Å².